The Kier molecular flexibility index (Phi) is 6.02. The number of hydrogen-bond acceptors (Lipinski definition) is 6. The summed E-state index contributed by atoms with van der Waals surface area (Å²) in [6, 6.07) is 20.9. The summed E-state index contributed by atoms with van der Waals surface area (Å²) >= 11 is 6.31. The minimum Gasteiger partial charge on any atom is -0.504 e. The second-order valence-corrected chi connectivity index (χ2v) is 11.8. The average molecular weight is 583 g/mol. The molecule has 2 aliphatic carbocycles. The minimum absolute atomic E-state index is 0.108. The third-order valence-corrected chi connectivity index (χ3v) is 9.78. The number of nitrogens with one attached hydrogen (secondary N) is 1. The molecule has 9 heteroatoms. The number of ether oxygens (including phenoxy) is 1. The van der Waals surface area contributed by atoms with Crippen LogP contribution < -0.4 is 15.0 Å². The molecular formula is C33H27ClN2O6. The van der Waals surface area contributed by atoms with Gasteiger partial charge in [-0.3, -0.25) is 24.5 Å². The number of anilines is 1. The van der Waals surface area contributed by atoms with E-state index in [9.17, 15) is 19.5 Å². The second kappa shape index (κ2) is 9.56. The molecule has 3 fully saturated rings. The lowest BCUT2D eigenvalue weighted by Crippen LogP contribution is -2.53. The van der Waals surface area contributed by atoms with Crippen molar-refractivity contribution in [2.75, 3.05) is 12.0 Å². The highest BCUT2D eigenvalue weighted by Gasteiger charge is 2.69. The standard InChI is InChI=1S/C33H27ClN2O6/c1-42-26-13-10-17(14-25(26)37)28-21-11-12-22-27(30(39)35-29(22)38)23(21)16-24-31(40)36(20-9-5-8-19(34)15-20)32(41)33(24,28)18-6-3-2-4-7-18/h2-11,13-15,22-24,27-28,37H,12,16H2,1H3,(H,35,38,39)/t22-,23+,24-,27-,28-,33+/m0/s1. The molecule has 3 aromatic carbocycles. The van der Waals surface area contributed by atoms with Gasteiger partial charge in [0.25, 0.3) is 0 Å². The highest BCUT2D eigenvalue weighted by Crippen LogP contribution is 2.64. The summed E-state index contributed by atoms with van der Waals surface area (Å²) in [6.07, 6.45) is 2.52. The molecular weight excluding hydrogens is 556 g/mol. The molecule has 4 amide bonds. The maximum atomic E-state index is 15.0. The molecule has 6 atom stereocenters. The van der Waals surface area contributed by atoms with Gasteiger partial charge in [0.05, 0.1) is 36.0 Å². The van der Waals surface area contributed by atoms with Crippen LogP contribution in [0.3, 0.4) is 0 Å². The number of fused-ring (bicyclic) bond motifs is 4. The van der Waals surface area contributed by atoms with Crippen LogP contribution in [0, 0.1) is 23.7 Å². The number of carbonyl (C=O) groups excluding carboxylic acids is 4. The van der Waals surface area contributed by atoms with Crippen LogP contribution in [0.5, 0.6) is 11.5 Å². The number of benzene rings is 3. The van der Waals surface area contributed by atoms with Gasteiger partial charge in [0.2, 0.25) is 23.6 Å². The maximum Gasteiger partial charge on any atom is 0.246 e. The summed E-state index contributed by atoms with van der Waals surface area (Å²) in [4.78, 5) is 56.6. The highest BCUT2D eigenvalue weighted by molar-refractivity contribution is 6.32. The molecule has 0 radical (unpaired) electrons. The number of rotatable bonds is 4. The largest absolute Gasteiger partial charge is 0.504 e. The van der Waals surface area contributed by atoms with Crippen molar-refractivity contribution in [1.29, 1.82) is 0 Å². The predicted octanol–water partition coefficient (Wildman–Crippen LogP) is 4.50. The third kappa shape index (κ3) is 3.54. The zero-order valence-electron chi connectivity index (χ0n) is 22.6. The fourth-order valence-corrected chi connectivity index (χ4v) is 8.10. The number of halogens is 1. The number of nitrogens with zero attached hydrogens (tertiary/aromatic N) is 1. The number of hydrogen-bond donors (Lipinski definition) is 2. The van der Waals surface area contributed by atoms with E-state index in [4.69, 9.17) is 16.3 Å². The first-order valence-corrected chi connectivity index (χ1v) is 14.3. The van der Waals surface area contributed by atoms with Gasteiger partial charge in [-0.25, -0.2) is 4.90 Å². The number of amides is 4. The summed E-state index contributed by atoms with van der Waals surface area (Å²) in [5, 5.41) is 13.8. The van der Waals surface area contributed by atoms with E-state index in [0.29, 0.717) is 28.3 Å². The van der Waals surface area contributed by atoms with Crippen molar-refractivity contribution in [2.45, 2.75) is 24.2 Å². The molecule has 7 rings (SSSR count). The molecule has 0 aromatic heterocycles. The number of phenolic OH excluding ortho intramolecular Hbond substituents is 1. The fraction of sp³-hybridized carbons (Fsp3) is 0.273. The lowest BCUT2D eigenvalue weighted by atomic mass is 9.49. The van der Waals surface area contributed by atoms with Gasteiger partial charge in [-0.1, -0.05) is 65.7 Å². The van der Waals surface area contributed by atoms with Gasteiger partial charge in [-0.2, -0.15) is 0 Å². The molecule has 0 bridgehead atoms. The van der Waals surface area contributed by atoms with Gasteiger partial charge in [-0.15, -0.1) is 0 Å². The smallest absolute Gasteiger partial charge is 0.246 e. The fourth-order valence-electron chi connectivity index (χ4n) is 7.92. The van der Waals surface area contributed by atoms with Gasteiger partial charge < -0.3 is 9.84 Å². The van der Waals surface area contributed by atoms with Gasteiger partial charge in [0.1, 0.15) is 0 Å². The van der Waals surface area contributed by atoms with Crippen LogP contribution in [-0.4, -0.2) is 35.8 Å². The van der Waals surface area contributed by atoms with Crippen LogP contribution in [0.4, 0.5) is 5.69 Å². The Balaban J connectivity index is 1.52. The first-order chi connectivity index (χ1) is 20.3. The van der Waals surface area contributed by atoms with Crippen molar-refractivity contribution in [3.05, 3.63) is 101 Å². The molecule has 0 spiro atoms. The van der Waals surface area contributed by atoms with Gasteiger partial charge in [0.15, 0.2) is 11.5 Å². The Morgan fingerprint density at radius 3 is 2.45 bits per heavy atom. The molecule has 212 valence electrons. The Morgan fingerprint density at radius 1 is 0.952 bits per heavy atom. The van der Waals surface area contributed by atoms with Crippen molar-refractivity contribution in [2.24, 2.45) is 23.7 Å². The maximum absolute atomic E-state index is 15.0. The second-order valence-electron chi connectivity index (χ2n) is 11.4. The predicted molar refractivity (Wildman–Crippen MR) is 154 cm³/mol. The molecule has 2 heterocycles. The Labute approximate surface area is 246 Å². The van der Waals surface area contributed by atoms with E-state index >= 15 is 4.79 Å². The molecule has 8 nitrogen and oxygen atoms in total. The number of methoxy groups -OCH3 is 1. The lowest BCUT2D eigenvalue weighted by Gasteiger charge is -2.50. The molecule has 2 N–H and O–H groups in total. The number of allylic oxidation sites excluding steroid dienone is 2. The molecule has 4 aliphatic rings. The zero-order chi connectivity index (χ0) is 29.3. The molecule has 2 saturated heterocycles. The van der Waals surface area contributed by atoms with E-state index in [1.807, 2.05) is 36.4 Å². The molecule has 3 aromatic rings. The normalized spacial score (nSPS) is 29.9. The summed E-state index contributed by atoms with van der Waals surface area (Å²) < 4.78 is 5.30. The quantitative estimate of drug-likeness (QED) is 0.346. The number of phenols is 1. The molecule has 2 aliphatic heterocycles. The van der Waals surface area contributed by atoms with Gasteiger partial charge in [-0.05, 0) is 60.2 Å². The molecule has 0 unspecified atom stereocenters. The van der Waals surface area contributed by atoms with Crippen molar-refractivity contribution in [3.63, 3.8) is 0 Å². The van der Waals surface area contributed by atoms with Crippen LogP contribution in [0.1, 0.15) is 29.9 Å². The van der Waals surface area contributed by atoms with E-state index in [1.54, 1.807) is 42.5 Å². The zero-order valence-corrected chi connectivity index (χ0v) is 23.4. The monoisotopic (exact) mass is 582 g/mol. The van der Waals surface area contributed by atoms with Gasteiger partial charge >= 0.3 is 0 Å². The van der Waals surface area contributed by atoms with Gasteiger partial charge in [0, 0.05) is 10.9 Å². The Hall–Kier alpha value is -4.43. The average Bonchev–Trinajstić information content (AvgIpc) is 3.41. The van der Waals surface area contributed by atoms with Crippen LogP contribution in [0.25, 0.3) is 0 Å². The minimum atomic E-state index is -1.39. The molecule has 42 heavy (non-hydrogen) atoms. The van der Waals surface area contributed by atoms with Crippen molar-refractivity contribution in [3.8, 4) is 11.5 Å². The van der Waals surface area contributed by atoms with E-state index < -0.39 is 40.9 Å². The van der Waals surface area contributed by atoms with Crippen LogP contribution >= 0.6 is 11.6 Å². The SMILES string of the molecule is COc1ccc([C@H]2C3=CC[C@@H]4C(=O)NC(=O)[C@@H]4[C@@H]3C[C@H]3C(=O)N(c4cccc(Cl)c4)C(=O)[C@@]23c2ccccc2)cc1O. The summed E-state index contributed by atoms with van der Waals surface area (Å²) in [5.41, 5.74) is 1.06. The first-order valence-electron chi connectivity index (χ1n) is 13.9. The van der Waals surface area contributed by atoms with Crippen LogP contribution in [0.2, 0.25) is 5.02 Å². The van der Waals surface area contributed by atoms with E-state index in [0.717, 1.165) is 5.57 Å². The Morgan fingerprint density at radius 2 is 1.74 bits per heavy atom. The Bertz CT molecular complexity index is 1700. The van der Waals surface area contributed by atoms with Crippen molar-refractivity contribution in [1.82, 2.24) is 5.32 Å². The van der Waals surface area contributed by atoms with Crippen molar-refractivity contribution < 1.29 is 29.0 Å². The van der Waals surface area contributed by atoms with E-state index in [2.05, 4.69) is 5.32 Å². The van der Waals surface area contributed by atoms with Crippen LogP contribution in [0.15, 0.2) is 84.4 Å². The third-order valence-electron chi connectivity index (χ3n) is 9.55. The highest BCUT2D eigenvalue weighted by atomic mass is 35.5. The number of imide groups is 2. The summed E-state index contributed by atoms with van der Waals surface area (Å²) in [7, 11) is 1.45. The summed E-state index contributed by atoms with van der Waals surface area (Å²) in [6.45, 7) is 0. The topological polar surface area (TPSA) is 113 Å². The summed E-state index contributed by atoms with van der Waals surface area (Å²) in [5.74, 6) is -4.51. The van der Waals surface area contributed by atoms with Crippen molar-refractivity contribution >= 4 is 40.9 Å². The van der Waals surface area contributed by atoms with E-state index in [-0.39, 0.29) is 35.6 Å². The first kappa shape index (κ1) is 26.5. The molecule has 1 saturated carbocycles. The number of aromatic hydroxyl groups is 1. The van der Waals surface area contributed by atoms with Crippen LogP contribution in [-0.2, 0) is 24.6 Å². The lowest BCUT2D eigenvalue weighted by molar-refractivity contribution is -0.128. The number of carbonyl (C=O) groups is 4. The van der Waals surface area contributed by atoms with E-state index in [1.165, 1.54) is 12.0 Å².